The molecule has 0 aliphatic heterocycles. The first-order chi connectivity index (χ1) is 19.1. The molecule has 1 aliphatic rings. The molecule has 0 spiro atoms. The second kappa shape index (κ2) is 14.0. The van der Waals surface area contributed by atoms with Gasteiger partial charge in [0.05, 0.1) is 11.9 Å². The van der Waals surface area contributed by atoms with Crippen LogP contribution in [-0.4, -0.2) is 50.0 Å². The van der Waals surface area contributed by atoms with Gasteiger partial charge in [0.15, 0.2) is 0 Å². The van der Waals surface area contributed by atoms with Crippen molar-refractivity contribution in [3.63, 3.8) is 0 Å². The lowest BCUT2D eigenvalue weighted by Gasteiger charge is -2.34. The molecule has 1 N–H and O–H groups in total. The van der Waals surface area contributed by atoms with Crippen molar-refractivity contribution in [2.24, 2.45) is 0 Å². The van der Waals surface area contributed by atoms with E-state index in [1.807, 2.05) is 54.6 Å². The largest absolute Gasteiger partial charge is 0.352 e. The number of carbonyl (C=O) groups excluding carboxylic acids is 2. The maximum absolute atomic E-state index is 14.1. The van der Waals surface area contributed by atoms with Crippen LogP contribution >= 0.6 is 38.5 Å². The molecule has 10 heteroatoms. The van der Waals surface area contributed by atoms with Crippen LogP contribution in [-0.2, 0) is 32.6 Å². The second-order valence-corrected chi connectivity index (χ2v) is 14.2. The van der Waals surface area contributed by atoms with E-state index in [0.29, 0.717) is 12.1 Å². The van der Waals surface area contributed by atoms with Gasteiger partial charge in [-0.15, -0.1) is 0 Å². The van der Waals surface area contributed by atoms with Crippen molar-refractivity contribution in [2.45, 2.75) is 50.7 Å². The van der Waals surface area contributed by atoms with Crippen LogP contribution in [0.25, 0.3) is 0 Å². The lowest BCUT2D eigenvalue weighted by atomic mass is 10.0. The fourth-order valence-corrected chi connectivity index (χ4v) is 6.40. The quantitative estimate of drug-likeness (QED) is 0.263. The van der Waals surface area contributed by atoms with Crippen LogP contribution in [0.1, 0.15) is 36.8 Å². The summed E-state index contributed by atoms with van der Waals surface area (Å²) in [7, 11) is -3.78. The number of rotatable bonds is 11. The highest BCUT2D eigenvalue weighted by molar-refractivity contribution is 14.1. The van der Waals surface area contributed by atoms with Crippen molar-refractivity contribution in [1.29, 1.82) is 0 Å². The Balaban J connectivity index is 1.71. The molecule has 0 bridgehead atoms. The molecule has 1 fully saturated rings. The minimum absolute atomic E-state index is 0.0784. The molecular formula is C30H33BrIN3O4S. The Bertz CT molecular complexity index is 1400. The highest BCUT2D eigenvalue weighted by Crippen LogP contribution is 2.23. The summed E-state index contributed by atoms with van der Waals surface area (Å²) in [6.45, 7) is -0.260. The molecule has 1 aliphatic carbocycles. The molecule has 3 aromatic carbocycles. The maximum Gasteiger partial charge on any atom is 0.244 e. The average Bonchev–Trinajstić information content (AvgIpc) is 3.44. The number of hydrogen-bond acceptors (Lipinski definition) is 4. The summed E-state index contributed by atoms with van der Waals surface area (Å²) in [5, 5.41) is 3.18. The van der Waals surface area contributed by atoms with Crippen LogP contribution in [0.3, 0.4) is 0 Å². The Labute approximate surface area is 258 Å². The number of nitrogens with one attached hydrogen (secondary N) is 1. The topological polar surface area (TPSA) is 86.8 Å². The van der Waals surface area contributed by atoms with Crippen molar-refractivity contribution in [3.05, 3.63) is 98.0 Å². The third-order valence-electron chi connectivity index (χ3n) is 7.03. The van der Waals surface area contributed by atoms with Gasteiger partial charge in [-0.1, -0.05) is 71.2 Å². The zero-order valence-corrected chi connectivity index (χ0v) is 26.9. The molecule has 0 saturated heterocycles. The third kappa shape index (κ3) is 8.53. The first kappa shape index (κ1) is 30.5. The minimum Gasteiger partial charge on any atom is -0.352 e. The summed E-state index contributed by atoms with van der Waals surface area (Å²) in [6, 6.07) is 23.4. The normalized spacial score (nSPS) is 14.5. The van der Waals surface area contributed by atoms with Crippen molar-refractivity contribution < 1.29 is 18.0 Å². The van der Waals surface area contributed by atoms with Gasteiger partial charge in [-0.25, -0.2) is 8.42 Å². The van der Waals surface area contributed by atoms with E-state index in [-0.39, 0.29) is 18.5 Å². The molecule has 1 saturated carbocycles. The van der Waals surface area contributed by atoms with Gasteiger partial charge in [0.2, 0.25) is 21.8 Å². The molecule has 0 aromatic heterocycles. The van der Waals surface area contributed by atoms with E-state index in [0.717, 1.165) is 55.4 Å². The fraction of sp³-hybridized carbons (Fsp3) is 0.333. The number of benzene rings is 3. The number of sulfonamides is 1. The molecule has 7 nitrogen and oxygen atoms in total. The summed E-state index contributed by atoms with van der Waals surface area (Å²) in [5.74, 6) is -0.671. The molecule has 2 amide bonds. The molecule has 0 radical (unpaired) electrons. The van der Waals surface area contributed by atoms with Crippen LogP contribution in [0.15, 0.2) is 83.3 Å². The first-order valence-corrected chi connectivity index (χ1v) is 16.9. The highest BCUT2D eigenvalue weighted by Gasteiger charge is 2.34. The second-order valence-electron chi connectivity index (χ2n) is 10.1. The van der Waals surface area contributed by atoms with Gasteiger partial charge in [0.1, 0.15) is 12.6 Å². The maximum atomic E-state index is 14.1. The standard InChI is InChI=1S/C30H33BrIN3O4S/c1-40(38,39)35(27-17-15-25(32)16-18-27)21-29(36)34(20-23-11-13-24(31)14-12-23)28(19-22-7-3-2-4-8-22)30(37)33-26-9-5-6-10-26/h2-4,7-8,11-18,26,28H,5-6,9-10,19-21H2,1H3,(H,33,37). The summed E-state index contributed by atoms with van der Waals surface area (Å²) in [5.41, 5.74) is 2.15. The SMILES string of the molecule is CS(=O)(=O)N(CC(=O)N(Cc1ccc(Br)cc1)C(Cc1ccccc1)C(=O)NC1CCCC1)c1ccc(I)cc1. The van der Waals surface area contributed by atoms with Crippen molar-refractivity contribution in [3.8, 4) is 0 Å². The predicted octanol–water partition coefficient (Wildman–Crippen LogP) is 5.52. The van der Waals surface area contributed by atoms with Gasteiger partial charge in [0, 0.05) is 27.1 Å². The van der Waals surface area contributed by atoms with Crippen LogP contribution in [0.5, 0.6) is 0 Å². The molecule has 4 rings (SSSR count). The van der Waals surface area contributed by atoms with Gasteiger partial charge in [-0.3, -0.25) is 13.9 Å². The zero-order chi connectivity index (χ0) is 28.7. The molecule has 212 valence electrons. The summed E-state index contributed by atoms with van der Waals surface area (Å²) in [4.78, 5) is 29.5. The van der Waals surface area contributed by atoms with Crippen molar-refractivity contribution in [2.75, 3.05) is 17.1 Å². The van der Waals surface area contributed by atoms with E-state index >= 15 is 0 Å². The smallest absolute Gasteiger partial charge is 0.244 e. The van der Waals surface area contributed by atoms with Crippen LogP contribution in [0.2, 0.25) is 0 Å². The van der Waals surface area contributed by atoms with E-state index in [4.69, 9.17) is 0 Å². The van der Waals surface area contributed by atoms with E-state index < -0.39 is 28.5 Å². The van der Waals surface area contributed by atoms with E-state index in [1.54, 1.807) is 24.3 Å². The Hall–Kier alpha value is -2.44. The lowest BCUT2D eigenvalue weighted by molar-refractivity contribution is -0.140. The first-order valence-electron chi connectivity index (χ1n) is 13.2. The molecule has 40 heavy (non-hydrogen) atoms. The van der Waals surface area contributed by atoms with Gasteiger partial charge in [-0.05, 0) is 83.0 Å². The Morgan fingerprint density at radius 3 is 2.17 bits per heavy atom. The summed E-state index contributed by atoms with van der Waals surface area (Å²) >= 11 is 5.60. The number of nitrogens with zero attached hydrogens (tertiary/aromatic N) is 2. The van der Waals surface area contributed by atoms with Gasteiger partial charge >= 0.3 is 0 Å². The number of hydrogen-bond donors (Lipinski definition) is 1. The number of amides is 2. The summed E-state index contributed by atoms with van der Waals surface area (Å²) in [6.07, 6.45) is 5.36. The number of carbonyl (C=O) groups is 2. The Morgan fingerprint density at radius 2 is 1.57 bits per heavy atom. The van der Waals surface area contributed by atoms with E-state index in [2.05, 4.69) is 43.8 Å². The fourth-order valence-electron chi connectivity index (χ4n) is 4.93. The predicted molar refractivity (Wildman–Crippen MR) is 170 cm³/mol. The Morgan fingerprint density at radius 1 is 0.950 bits per heavy atom. The van der Waals surface area contributed by atoms with E-state index in [1.165, 1.54) is 4.90 Å². The van der Waals surface area contributed by atoms with Crippen LogP contribution in [0, 0.1) is 3.57 Å². The summed E-state index contributed by atoms with van der Waals surface area (Å²) < 4.78 is 28.7. The van der Waals surface area contributed by atoms with Crippen molar-refractivity contribution >= 4 is 66.0 Å². The molecule has 1 unspecified atom stereocenters. The molecular weight excluding hydrogens is 705 g/mol. The Kier molecular flexibility index (Phi) is 10.6. The molecule has 3 aromatic rings. The van der Waals surface area contributed by atoms with Crippen molar-refractivity contribution in [1.82, 2.24) is 10.2 Å². The lowest BCUT2D eigenvalue weighted by Crippen LogP contribution is -2.54. The van der Waals surface area contributed by atoms with Crippen LogP contribution in [0.4, 0.5) is 5.69 Å². The average molecular weight is 738 g/mol. The zero-order valence-electron chi connectivity index (χ0n) is 22.3. The minimum atomic E-state index is -3.78. The van der Waals surface area contributed by atoms with Gasteiger partial charge in [0.25, 0.3) is 0 Å². The monoisotopic (exact) mass is 737 g/mol. The number of halogens is 2. The third-order valence-corrected chi connectivity index (χ3v) is 9.42. The van der Waals surface area contributed by atoms with Crippen LogP contribution < -0.4 is 9.62 Å². The highest BCUT2D eigenvalue weighted by atomic mass is 127. The van der Waals surface area contributed by atoms with E-state index in [9.17, 15) is 18.0 Å². The number of anilines is 1. The molecule has 1 atom stereocenters. The van der Waals surface area contributed by atoms with Gasteiger partial charge < -0.3 is 10.2 Å². The van der Waals surface area contributed by atoms with Gasteiger partial charge in [-0.2, -0.15) is 0 Å². The molecule has 0 heterocycles.